The van der Waals surface area contributed by atoms with Crippen molar-refractivity contribution >= 4 is 33.8 Å². The molecule has 3 heteroatoms. The second kappa shape index (κ2) is 7.85. The van der Waals surface area contributed by atoms with Crippen LogP contribution in [0.2, 0.25) is 0 Å². The fourth-order valence-electron chi connectivity index (χ4n) is 5.44. The van der Waals surface area contributed by atoms with Gasteiger partial charge in [-0.2, -0.15) is 0 Å². The van der Waals surface area contributed by atoms with Crippen LogP contribution in [0.25, 0.3) is 21.9 Å². The second-order valence-electron chi connectivity index (χ2n) is 9.59. The van der Waals surface area contributed by atoms with Crippen LogP contribution < -0.4 is 4.90 Å². The van der Waals surface area contributed by atoms with Crippen molar-refractivity contribution in [2.45, 2.75) is 19.3 Å². The SMILES string of the molecule is CC1(C)c2ccccc2-c2ccc(N(c3cccc(C(=O)O)c3)c3cccc4ccccc34)cc21. The number of carbonyl (C=O) groups is 1. The average molecular weight is 456 g/mol. The fraction of sp³-hybridized carbons (Fsp3) is 0.0938. The van der Waals surface area contributed by atoms with E-state index >= 15 is 0 Å². The van der Waals surface area contributed by atoms with E-state index in [9.17, 15) is 9.90 Å². The van der Waals surface area contributed by atoms with Gasteiger partial charge in [0, 0.05) is 22.2 Å². The Morgan fingerprint density at radius 1 is 0.686 bits per heavy atom. The number of anilines is 3. The predicted octanol–water partition coefficient (Wildman–Crippen LogP) is 8.31. The summed E-state index contributed by atoms with van der Waals surface area (Å²) in [6.07, 6.45) is 0. The van der Waals surface area contributed by atoms with E-state index in [-0.39, 0.29) is 11.0 Å². The first-order valence-corrected chi connectivity index (χ1v) is 11.8. The highest BCUT2D eigenvalue weighted by Gasteiger charge is 2.35. The largest absolute Gasteiger partial charge is 0.478 e. The molecule has 0 spiro atoms. The van der Waals surface area contributed by atoms with Crippen molar-refractivity contribution in [3.8, 4) is 11.1 Å². The van der Waals surface area contributed by atoms with Gasteiger partial charge in [-0.25, -0.2) is 4.79 Å². The summed E-state index contributed by atoms with van der Waals surface area (Å²) in [5.41, 5.74) is 8.11. The molecule has 3 nitrogen and oxygen atoms in total. The Kier molecular flexibility index (Phi) is 4.75. The van der Waals surface area contributed by atoms with Crippen molar-refractivity contribution in [3.05, 3.63) is 126 Å². The normalized spacial score (nSPS) is 13.3. The molecule has 0 unspecified atom stereocenters. The average Bonchev–Trinajstić information content (AvgIpc) is 3.11. The van der Waals surface area contributed by atoms with Gasteiger partial charge >= 0.3 is 5.97 Å². The van der Waals surface area contributed by atoms with E-state index in [1.54, 1.807) is 12.1 Å². The zero-order valence-electron chi connectivity index (χ0n) is 19.7. The third kappa shape index (κ3) is 3.31. The molecule has 0 aromatic heterocycles. The Morgan fingerprint density at radius 2 is 1.37 bits per heavy atom. The minimum absolute atomic E-state index is 0.130. The van der Waals surface area contributed by atoms with Crippen LogP contribution in [0.5, 0.6) is 0 Å². The zero-order chi connectivity index (χ0) is 24.2. The molecule has 6 rings (SSSR count). The van der Waals surface area contributed by atoms with Crippen molar-refractivity contribution < 1.29 is 9.90 Å². The summed E-state index contributed by atoms with van der Waals surface area (Å²) in [7, 11) is 0. The molecule has 1 aliphatic rings. The lowest BCUT2D eigenvalue weighted by Gasteiger charge is -2.29. The first-order chi connectivity index (χ1) is 16.9. The summed E-state index contributed by atoms with van der Waals surface area (Å²) in [4.78, 5) is 14.0. The van der Waals surface area contributed by atoms with Gasteiger partial charge in [0.05, 0.1) is 11.3 Å². The summed E-state index contributed by atoms with van der Waals surface area (Å²) in [6, 6.07) is 37.0. The highest BCUT2D eigenvalue weighted by molar-refractivity contribution is 6.00. The fourth-order valence-corrected chi connectivity index (χ4v) is 5.44. The van der Waals surface area contributed by atoms with Crippen molar-refractivity contribution in [2.75, 3.05) is 4.90 Å². The van der Waals surface area contributed by atoms with E-state index in [2.05, 4.69) is 91.5 Å². The van der Waals surface area contributed by atoms with Crippen molar-refractivity contribution in [1.29, 1.82) is 0 Å². The molecule has 5 aromatic carbocycles. The molecule has 35 heavy (non-hydrogen) atoms. The van der Waals surface area contributed by atoms with Gasteiger partial charge in [0.15, 0.2) is 0 Å². The maximum absolute atomic E-state index is 11.8. The number of nitrogens with zero attached hydrogens (tertiary/aromatic N) is 1. The minimum atomic E-state index is -0.935. The summed E-state index contributed by atoms with van der Waals surface area (Å²) in [5, 5.41) is 11.9. The number of carboxylic acid groups (broad SMARTS) is 1. The zero-order valence-corrected chi connectivity index (χ0v) is 19.7. The molecule has 0 amide bonds. The molecule has 0 fully saturated rings. The second-order valence-corrected chi connectivity index (χ2v) is 9.59. The monoisotopic (exact) mass is 455 g/mol. The Bertz CT molecular complexity index is 1610. The van der Waals surface area contributed by atoms with E-state index < -0.39 is 5.97 Å². The molecule has 0 radical (unpaired) electrons. The van der Waals surface area contributed by atoms with Gasteiger partial charge in [0.1, 0.15) is 0 Å². The predicted molar refractivity (Wildman–Crippen MR) is 143 cm³/mol. The van der Waals surface area contributed by atoms with E-state index in [1.807, 2.05) is 24.3 Å². The Hall–Kier alpha value is -4.37. The lowest BCUT2D eigenvalue weighted by molar-refractivity contribution is 0.0697. The van der Waals surface area contributed by atoms with Crippen LogP contribution in [-0.4, -0.2) is 11.1 Å². The van der Waals surface area contributed by atoms with Gasteiger partial charge in [0.2, 0.25) is 0 Å². The van der Waals surface area contributed by atoms with Crippen molar-refractivity contribution in [1.82, 2.24) is 0 Å². The molecule has 5 aromatic rings. The van der Waals surface area contributed by atoms with Crippen LogP contribution in [0.15, 0.2) is 109 Å². The summed E-state index contributed by atoms with van der Waals surface area (Å²) in [6.45, 7) is 4.55. The van der Waals surface area contributed by atoms with Gasteiger partial charge in [-0.1, -0.05) is 86.6 Å². The standard InChI is InChI=1S/C32H25NO2/c1-32(2)28-15-6-5-14-26(28)27-18-17-24(20-29(27)32)33(23-12-7-11-22(19-23)31(34)35)30-16-8-10-21-9-3-4-13-25(21)30/h3-20H,1-2H3,(H,34,35). The summed E-state index contributed by atoms with van der Waals surface area (Å²) < 4.78 is 0. The van der Waals surface area contributed by atoms with Gasteiger partial charge < -0.3 is 10.0 Å². The van der Waals surface area contributed by atoms with Crippen molar-refractivity contribution in [3.63, 3.8) is 0 Å². The number of rotatable bonds is 4. The molecule has 170 valence electrons. The highest BCUT2D eigenvalue weighted by atomic mass is 16.4. The summed E-state index contributed by atoms with van der Waals surface area (Å²) in [5.74, 6) is -0.935. The van der Waals surface area contributed by atoms with Crippen molar-refractivity contribution in [2.24, 2.45) is 0 Å². The topological polar surface area (TPSA) is 40.5 Å². The number of hydrogen-bond donors (Lipinski definition) is 1. The maximum atomic E-state index is 11.8. The molecular weight excluding hydrogens is 430 g/mol. The summed E-state index contributed by atoms with van der Waals surface area (Å²) >= 11 is 0. The quantitative estimate of drug-likeness (QED) is 0.296. The van der Waals surface area contributed by atoms with Gasteiger partial charge in [-0.3, -0.25) is 0 Å². The third-order valence-corrected chi connectivity index (χ3v) is 7.18. The van der Waals surface area contributed by atoms with Gasteiger partial charge in [0.25, 0.3) is 0 Å². The maximum Gasteiger partial charge on any atom is 0.335 e. The number of benzene rings is 5. The van der Waals surface area contributed by atoms with Gasteiger partial charge in [-0.15, -0.1) is 0 Å². The first kappa shape index (κ1) is 21.2. The molecule has 0 aliphatic heterocycles. The number of hydrogen-bond acceptors (Lipinski definition) is 2. The Balaban J connectivity index is 1.61. The van der Waals surface area contributed by atoms with Crippen LogP contribution in [0.3, 0.4) is 0 Å². The number of fused-ring (bicyclic) bond motifs is 4. The molecule has 0 bridgehead atoms. The minimum Gasteiger partial charge on any atom is -0.478 e. The van der Waals surface area contributed by atoms with Crippen LogP contribution in [0.1, 0.15) is 35.3 Å². The van der Waals surface area contributed by atoms with E-state index in [1.165, 1.54) is 22.3 Å². The Morgan fingerprint density at radius 3 is 2.23 bits per heavy atom. The van der Waals surface area contributed by atoms with Crippen LogP contribution in [-0.2, 0) is 5.41 Å². The smallest absolute Gasteiger partial charge is 0.335 e. The number of aromatic carboxylic acids is 1. The van der Waals surface area contributed by atoms with Crippen LogP contribution >= 0.6 is 0 Å². The van der Waals surface area contributed by atoms with Crippen LogP contribution in [0.4, 0.5) is 17.1 Å². The lowest BCUT2D eigenvalue weighted by Crippen LogP contribution is -2.16. The van der Waals surface area contributed by atoms with E-state index in [4.69, 9.17) is 0 Å². The first-order valence-electron chi connectivity index (χ1n) is 11.8. The Labute approximate surface area is 204 Å². The van der Waals surface area contributed by atoms with E-state index in [0.717, 1.165) is 27.8 Å². The van der Waals surface area contributed by atoms with Crippen LogP contribution in [0, 0.1) is 0 Å². The molecule has 0 atom stereocenters. The van der Waals surface area contributed by atoms with E-state index in [0.29, 0.717) is 0 Å². The number of carboxylic acids is 1. The lowest BCUT2D eigenvalue weighted by atomic mass is 9.82. The molecule has 1 aliphatic carbocycles. The third-order valence-electron chi connectivity index (χ3n) is 7.18. The highest BCUT2D eigenvalue weighted by Crippen LogP contribution is 2.50. The van der Waals surface area contributed by atoms with Gasteiger partial charge in [-0.05, 0) is 64.0 Å². The molecule has 1 N–H and O–H groups in total. The molecule has 0 saturated carbocycles. The molecule has 0 saturated heterocycles. The molecule has 0 heterocycles. The molecular formula is C32H25NO2.